The molecule has 0 fully saturated rings. The Bertz CT molecular complexity index is 470. The third kappa shape index (κ3) is 3.81. The molecule has 0 atom stereocenters. The summed E-state index contributed by atoms with van der Waals surface area (Å²) < 4.78 is 5.56. The van der Waals surface area contributed by atoms with Crippen LogP contribution in [0.5, 0.6) is 5.75 Å². The highest BCUT2D eigenvalue weighted by molar-refractivity contribution is 6.40. The Labute approximate surface area is 127 Å². The molecule has 4 nitrogen and oxygen atoms in total. The molecule has 0 unspecified atom stereocenters. The lowest BCUT2D eigenvalue weighted by atomic mass is 10.3. The van der Waals surface area contributed by atoms with E-state index in [1.807, 2.05) is 7.05 Å². The first kappa shape index (κ1) is 14.6. The maximum absolute atomic E-state index is 6.02. The van der Waals surface area contributed by atoms with E-state index in [0.717, 1.165) is 19.0 Å². The summed E-state index contributed by atoms with van der Waals surface area (Å²) in [5, 5.41) is 4.50. The summed E-state index contributed by atoms with van der Waals surface area (Å²) in [7, 11) is 1.99. The molecule has 1 heterocycles. The van der Waals surface area contributed by atoms with Gasteiger partial charge in [0.25, 0.3) is 0 Å². The number of guanidine groups is 1. The third-order valence-corrected chi connectivity index (χ3v) is 3.43. The first-order valence-electron chi connectivity index (χ1n) is 5.84. The van der Waals surface area contributed by atoms with E-state index in [4.69, 9.17) is 39.5 Å². The Kier molecular flexibility index (Phi) is 5.02. The lowest BCUT2D eigenvalue weighted by Gasteiger charge is -2.16. The first-order valence-corrected chi connectivity index (χ1v) is 6.98. The molecule has 1 aromatic carbocycles. The van der Waals surface area contributed by atoms with Crippen LogP contribution >= 0.6 is 34.8 Å². The second-order valence-electron chi connectivity index (χ2n) is 4.10. The quantitative estimate of drug-likeness (QED) is 0.866. The van der Waals surface area contributed by atoms with Crippen molar-refractivity contribution in [2.75, 3.05) is 33.3 Å². The molecule has 0 aromatic heterocycles. The summed E-state index contributed by atoms with van der Waals surface area (Å²) in [6.07, 6.45) is 0. The molecule has 0 saturated carbocycles. The SMILES string of the molecule is CN1CCN=C1NCCOc1c(Cl)cc(Cl)cc1Cl. The maximum atomic E-state index is 6.02. The highest BCUT2D eigenvalue weighted by Gasteiger charge is 2.12. The highest BCUT2D eigenvalue weighted by Crippen LogP contribution is 2.35. The number of nitrogens with one attached hydrogen (secondary N) is 1. The Morgan fingerprint density at radius 1 is 1.32 bits per heavy atom. The number of halogens is 3. The van der Waals surface area contributed by atoms with Gasteiger partial charge in [0.2, 0.25) is 0 Å². The van der Waals surface area contributed by atoms with E-state index in [1.54, 1.807) is 12.1 Å². The van der Waals surface area contributed by atoms with Gasteiger partial charge in [-0.25, -0.2) is 0 Å². The molecule has 0 saturated heterocycles. The lowest BCUT2D eigenvalue weighted by Crippen LogP contribution is -2.37. The van der Waals surface area contributed by atoms with Gasteiger partial charge in [-0.2, -0.15) is 0 Å². The molecule has 2 rings (SSSR count). The van der Waals surface area contributed by atoms with Gasteiger partial charge >= 0.3 is 0 Å². The zero-order valence-corrected chi connectivity index (χ0v) is 12.7. The van der Waals surface area contributed by atoms with E-state index >= 15 is 0 Å². The second kappa shape index (κ2) is 6.55. The van der Waals surface area contributed by atoms with Crippen molar-refractivity contribution in [3.63, 3.8) is 0 Å². The third-order valence-electron chi connectivity index (χ3n) is 2.65. The van der Waals surface area contributed by atoms with E-state index in [2.05, 4.69) is 15.2 Å². The van der Waals surface area contributed by atoms with Gasteiger partial charge in [0.05, 0.1) is 23.1 Å². The van der Waals surface area contributed by atoms with E-state index in [0.29, 0.717) is 34.0 Å². The summed E-state index contributed by atoms with van der Waals surface area (Å²) in [6.45, 7) is 2.83. The molecule has 19 heavy (non-hydrogen) atoms. The van der Waals surface area contributed by atoms with Crippen LogP contribution in [-0.4, -0.2) is 44.1 Å². The predicted molar refractivity (Wildman–Crippen MR) is 79.9 cm³/mol. The predicted octanol–water partition coefficient (Wildman–Crippen LogP) is 2.92. The van der Waals surface area contributed by atoms with Crippen molar-refractivity contribution in [1.29, 1.82) is 0 Å². The molecule has 1 aliphatic rings. The Balaban J connectivity index is 1.83. The molecule has 0 radical (unpaired) electrons. The number of hydrogen-bond donors (Lipinski definition) is 1. The number of ether oxygens (including phenoxy) is 1. The van der Waals surface area contributed by atoms with Gasteiger partial charge in [0, 0.05) is 18.6 Å². The first-order chi connectivity index (χ1) is 9.08. The highest BCUT2D eigenvalue weighted by atomic mass is 35.5. The van der Waals surface area contributed by atoms with Crippen LogP contribution in [0.2, 0.25) is 15.1 Å². The summed E-state index contributed by atoms with van der Waals surface area (Å²) in [4.78, 5) is 6.37. The van der Waals surface area contributed by atoms with Crippen molar-refractivity contribution in [2.45, 2.75) is 0 Å². The van der Waals surface area contributed by atoms with Crippen molar-refractivity contribution >= 4 is 40.8 Å². The molecule has 104 valence electrons. The molecule has 1 aliphatic heterocycles. The number of likely N-dealkylation sites (N-methyl/N-ethyl adjacent to an activating group) is 1. The average molecular weight is 323 g/mol. The molecule has 1 aromatic rings. The van der Waals surface area contributed by atoms with Crippen LogP contribution in [-0.2, 0) is 0 Å². The second-order valence-corrected chi connectivity index (χ2v) is 5.35. The fraction of sp³-hybridized carbons (Fsp3) is 0.417. The van der Waals surface area contributed by atoms with Gasteiger partial charge in [-0.1, -0.05) is 34.8 Å². The van der Waals surface area contributed by atoms with Crippen LogP contribution in [0.1, 0.15) is 0 Å². The minimum absolute atomic E-state index is 0.410. The lowest BCUT2D eigenvalue weighted by molar-refractivity contribution is 0.321. The summed E-state index contributed by atoms with van der Waals surface area (Å²) in [5.74, 6) is 1.34. The number of aliphatic imine (C=N–C) groups is 1. The van der Waals surface area contributed by atoms with Gasteiger partial charge in [-0.3, -0.25) is 4.99 Å². The van der Waals surface area contributed by atoms with Crippen molar-refractivity contribution in [1.82, 2.24) is 10.2 Å². The smallest absolute Gasteiger partial charge is 0.193 e. The van der Waals surface area contributed by atoms with Gasteiger partial charge in [0.15, 0.2) is 11.7 Å². The molecule has 0 aliphatic carbocycles. The van der Waals surface area contributed by atoms with Crippen LogP contribution in [0.25, 0.3) is 0 Å². The number of benzene rings is 1. The molecular weight excluding hydrogens is 309 g/mol. The topological polar surface area (TPSA) is 36.9 Å². The largest absolute Gasteiger partial charge is 0.489 e. The van der Waals surface area contributed by atoms with Gasteiger partial charge in [-0.15, -0.1) is 0 Å². The molecule has 0 bridgehead atoms. The Morgan fingerprint density at radius 3 is 2.58 bits per heavy atom. The minimum atomic E-state index is 0.410. The van der Waals surface area contributed by atoms with Gasteiger partial charge in [-0.05, 0) is 12.1 Å². The van der Waals surface area contributed by atoms with E-state index in [-0.39, 0.29) is 0 Å². The average Bonchev–Trinajstić information content (AvgIpc) is 2.73. The molecule has 0 spiro atoms. The van der Waals surface area contributed by atoms with Crippen LogP contribution in [0.4, 0.5) is 0 Å². The number of rotatable bonds is 4. The van der Waals surface area contributed by atoms with E-state index < -0.39 is 0 Å². The molecular formula is C12H14Cl3N3O. The maximum Gasteiger partial charge on any atom is 0.193 e. The van der Waals surface area contributed by atoms with Crippen molar-refractivity contribution < 1.29 is 4.74 Å². The van der Waals surface area contributed by atoms with Gasteiger partial charge < -0.3 is 15.0 Å². The standard InChI is InChI=1S/C12H14Cl3N3O/c1-18-4-2-16-12(18)17-3-5-19-11-9(14)6-8(13)7-10(11)15/h6-7H,2-5H2,1H3,(H,16,17). The summed E-state index contributed by atoms with van der Waals surface area (Å²) in [5.41, 5.74) is 0. The van der Waals surface area contributed by atoms with E-state index in [1.165, 1.54) is 0 Å². The number of hydrogen-bond acceptors (Lipinski definition) is 4. The van der Waals surface area contributed by atoms with Crippen LogP contribution < -0.4 is 10.1 Å². The Morgan fingerprint density at radius 2 is 2.00 bits per heavy atom. The minimum Gasteiger partial charge on any atom is -0.489 e. The van der Waals surface area contributed by atoms with E-state index in [9.17, 15) is 0 Å². The normalized spacial score (nSPS) is 14.5. The zero-order valence-electron chi connectivity index (χ0n) is 10.4. The fourth-order valence-corrected chi connectivity index (χ4v) is 2.63. The molecule has 7 heteroatoms. The Hall–Kier alpha value is -0.840. The fourth-order valence-electron chi connectivity index (χ4n) is 1.71. The monoisotopic (exact) mass is 321 g/mol. The van der Waals surface area contributed by atoms with Gasteiger partial charge in [0.1, 0.15) is 6.61 Å². The van der Waals surface area contributed by atoms with Crippen molar-refractivity contribution in [3.05, 3.63) is 27.2 Å². The summed E-state index contributed by atoms with van der Waals surface area (Å²) >= 11 is 17.9. The van der Waals surface area contributed by atoms with Crippen molar-refractivity contribution in [2.24, 2.45) is 4.99 Å². The zero-order chi connectivity index (χ0) is 13.8. The summed E-state index contributed by atoms with van der Waals surface area (Å²) in [6, 6.07) is 3.21. The van der Waals surface area contributed by atoms with Crippen molar-refractivity contribution in [3.8, 4) is 5.75 Å². The van der Waals surface area contributed by atoms with Crippen LogP contribution in [0.3, 0.4) is 0 Å². The number of nitrogens with zero attached hydrogens (tertiary/aromatic N) is 2. The molecule has 1 N–H and O–H groups in total. The molecule has 0 amide bonds. The van der Waals surface area contributed by atoms with Crippen LogP contribution in [0.15, 0.2) is 17.1 Å². The van der Waals surface area contributed by atoms with Crippen LogP contribution in [0, 0.1) is 0 Å².